The normalized spacial score (nSPS) is 11.4. The molecule has 0 aliphatic rings. The van der Waals surface area contributed by atoms with Gasteiger partial charge in [0, 0.05) is 0 Å². The third-order valence-electron chi connectivity index (χ3n) is 1.80. The van der Waals surface area contributed by atoms with Crippen LogP contribution in [0.4, 0.5) is 13.2 Å². The Labute approximate surface area is 88.9 Å². The van der Waals surface area contributed by atoms with Crippen LogP contribution in [0.25, 0.3) is 0 Å². The summed E-state index contributed by atoms with van der Waals surface area (Å²) in [7, 11) is 0. The Hall–Kier alpha value is -1.98. The second kappa shape index (κ2) is 3.88. The molecule has 0 saturated carbocycles. The summed E-state index contributed by atoms with van der Waals surface area (Å²) < 4.78 is 42.2. The summed E-state index contributed by atoms with van der Waals surface area (Å²) in [5.74, 6) is -0.163. The lowest BCUT2D eigenvalue weighted by Crippen LogP contribution is -2.07. The summed E-state index contributed by atoms with van der Waals surface area (Å²) in [5, 5.41) is 5.00. The molecule has 1 radical (unpaired) electrons. The smallest absolute Gasteiger partial charge is 0.436 e. The van der Waals surface area contributed by atoms with E-state index in [-0.39, 0.29) is 0 Å². The number of nitrogens with one attached hydrogen (secondary N) is 1. The first-order chi connectivity index (χ1) is 7.57. The van der Waals surface area contributed by atoms with Crippen LogP contribution in [-0.4, -0.2) is 10.2 Å². The number of aromatic amines is 1. The molecule has 2 aromatic rings. The highest BCUT2D eigenvalue weighted by Gasteiger charge is 2.37. The zero-order chi connectivity index (χ0) is 11.6. The zero-order valence-electron chi connectivity index (χ0n) is 7.88. The third kappa shape index (κ3) is 2.16. The second-order valence-electron chi connectivity index (χ2n) is 2.95. The van der Waals surface area contributed by atoms with Crippen molar-refractivity contribution in [3.8, 4) is 11.5 Å². The van der Waals surface area contributed by atoms with E-state index in [9.17, 15) is 13.2 Å². The van der Waals surface area contributed by atoms with E-state index in [0.29, 0.717) is 5.75 Å². The Morgan fingerprint density at radius 2 is 1.88 bits per heavy atom. The third-order valence-corrected chi connectivity index (χ3v) is 1.80. The minimum atomic E-state index is -4.53. The summed E-state index contributed by atoms with van der Waals surface area (Å²) in [6, 6.07) is 8.13. The SMILES string of the molecule is FC(F)(F)c1[nH]n[c]c1Oc1ccccc1. The molecule has 3 nitrogen and oxygen atoms in total. The number of halogens is 3. The first-order valence-electron chi connectivity index (χ1n) is 4.33. The fourth-order valence-corrected chi connectivity index (χ4v) is 1.11. The Kier molecular flexibility index (Phi) is 2.55. The Balaban J connectivity index is 2.26. The molecule has 0 unspecified atom stereocenters. The van der Waals surface area contributed by atoms with Gasteiger partial charge in [0.25, 0.3) is 0 Å². The molecular weight excluding hydrogens is 221 g/mol. The summed E-state index contributed by atoms with van der Waals surface area (Å²) in [6.45, 7) is 0. The predicted molar refractivity (Wildman–Crippen MR) is 48.9 cm³/mol. The largest absolute Gasteiger partial charge is 0.453 e. The van der Waals surface area contributed by atoms with Gasteiger partial charge in [0.2, 0.25) is 0 Å². The van der Waals surface area contributed by atoms with Crippen molar-refractivity contribution in [2.75, 3.05) is 0 Å². The van der Waals surface area contributed by atoms with Gasteiger partial charge >= 0.3 is 6.18 Å². The fourth-order valence-electron chi connectivity index (χ4n) is 1.11. The van der Waals surface area contributed by atoms with Crippen molar-refractivity contribution >= 4 is 0 Å². The van der Waals surface area contributed by atoms with Crippen LogP contribution >= 0.6 is 0 Å². The minimum Gasteiger partial charge on any atom is -0.453 e. The van der Waals surface area contributed by atoms with Crippen LogP contribution in [0.5, 0.6) is 11.5 Å². The van der Waals surface area contributed by atoms with Crippen molar-refractivity contribution in [2.24, 2.45) is 0 Å². The van der Waals surface area contributed by atoms with Crippen LogP contribution < -0.4 is 4.74 Å². The van der Waals surface area contributed by atoms with Crippen molar-refractivity contribution in [3.05, 3.63) is 42.2 Å². The number of ether oxygens (including phenoxy) is 1. The number of hydrogen-bond acceptors (Lipinski definition) is 2. The van der Waals surface area contributed by atoms with E-state index >= 15 is 0 Å². The van der Waals surface area contributed by atoms with Crippen molar-refractivity contribution in [2.45, 2.75) is 6.18 Å². The number of aromatic nitrogens is 2. The van der Waals surface area contributed by atoms with Gasteiger partial charge in [0.15, 0.2) is 17.6 Å². The maximum Gasteiger partial charge on any atom is 0.436 e. The Bertz CT molecular complexity index is 464. The topological polar surface area (TPSA) is 37.9 Å². The highest BCUT2D eigenvalue weighted by molar-refractivity contribution is 5.32. The van der Waals surface area contributed by atoms with Crippen molar-refractivity contribution in [1.29, 1.82) is 0 Å². The van der Waals surface area contributed by atoms with E-state index in [2.05, 4.69) is 11.3 Å². The lowest BCUT2D eigenvalue weighted by molar-refractivity contribution is -0.142. The van der Waals surface area contributed by atoms with Gasteiger partial charge in [-0.25, -0.2) is 0 Å². The summed E-state index contributed by atoms with van der Waals surface area (Å²) in [6.07, 6.45) is -2.42. The van der Waals surface area contributed by atoms with Crippen LogP contribution in [0, 0.1) is 6.20 Å². The molecule has 0 spiro atoms. The number of alkyl halides is 3. The van der Waals surface area contributed by atoms with E-state index < -0.39 is 17.6 Å². The second-order valence-corrected chi connectivity index (χ2v) is 2.95. The fraction of sp³-hybridized carbons (Fsp3) is 0.100. The standard InChI is InChI=1S/C10H6F3N2O/c11-10(12,13)9-8(6-14-15-9)16-7-4-2-1-3-5-7/h1-5H,(H,14,15). The Morgan fingerprint density at radius 1 is 1.19 bits per heavy atom. The number of nitrogens with zero attached hydrogens (tertiary/aromatic N) is 1. The highest BCUT2D eigenvalue weighted by atomic mass is 19.4. The van der Waals surface area contributed by atoms with E-state index in [0.717, 1.165) is 0 Å². The quantitative estimate of drug-likeness (QED) is 0.856. The molecule has 0 bridgehead atoms. The highest BCUT2D eigenvalue weighted by Crippen LogP contribution is 2.35. The summed E-state index contributed by atoms with van der Waals surface area (Å²) >= 11 is 0. The van der Waals surface area contributed by atoms with Crippen LogP contribution in [0.15, 0.2) is 30.3 Å². The van der Waals surface area contributed by atoms with E-state index in [4.69, 9.17) is 4.74 Å². The molecule has 0 saturated heterocycles. The average Bonchev–Trinajstić information content (AvgIpc) is 2.67. The number of rotatable bonds is 2. The molecule has 6 heteroatoms. The van der Waals surface area contributed by atoms with Gasteiger partial charge in [0.05, 0.1) is 0 Å². The molecule has 0 aliphatic carbocycles. The number of hydrogen-bond donors (Lipinski definition) is 1. The molecule has 0 aliphatic heterocycles. The molecule has 0 amide bonds. The van der Waals surface area contributed by atoms with E-state index in [1.165, 1.54) is 0 Å². The molecule has 16 heavy (non-hydrogen) atoms. The van der Waals surface area contributed by atoms with Crippen LogP contribution in [0.2, 0.25) is 0 Å². The van der Waals surface area contributed by atoms with Gasteiger partial charge in [0.1, 0.15) is 5.75 Å². The van der Waals surface area contributed by atoms with Crippen LogP contribution in [0.3, 0.4) is 0 Å². The van der Waals surface area contributed by atoms with Crippen molar-refractivity contribution in [3.63, 3.8) is 0 Å². The van der Waals surface area contributed by atoms with Gasteiger partial charge in [-0.05, 0) is 12.1 Å². The molecule has 0 atom stereocenters. The molecule has 0 fully saturated rings. The van der Waals surface area contributed by atoms with Gasteiger partial charge < -0.3 is 4.74 Å². The summed E-state index contributed by atoms with van der Waals surface area (Å²) in [5.41, 5.74) is -1.05. The maximum atomic E-state index is 12.4. The molecule has 83 valence electrons. The number of H-pyrrole nitrogens is 1. The Morgan fingerprint density at radius 3 is 2.50 bits per heavy atom. The van der Waals surface area contributed by atoms with Crippen molar-refractivity contribution in [1.82, 2.24) is 10.2 Å². The van der Waals surface area contributed by atoms with Gasteiger partial charge in [-0.2, -0.15) is 18.3 Å². The summed E-state index contributed by atoms with van der Waals surface area (Å²) in [4.78, 5) is 0. The average molecular weight is 227 g/mol. The lowest BCUT2D eigenvalue weighted by Gasteiger charge is -2.07. The first-order valence-corrected chi connectivity index (χ1v) is 4.33. The molecule has 1 heterocycles. The maximum absolute atomic E-state index is 12.4. The predicted octanol–water partition coefficient (Wildman–Crippen LogP) is 3.02. The minimum absolute atomic E-state index is 0.297. The molecule has 1 aromatic carbocycles. The monoisotopic (exact) mass is 227 g/mol. The van der Waals surface area contributed by atoms with Crippen molar-refractivity contribution < 1.29 is 17.9 Å². The first kappa shape index (κ1) is 10.5. The molecular formula is C10H6F3N2O. The number of para-hydroxylation sites is 1. The van der Waals surface area contributed by atoms with Gasteiger partial charge in [-0.15, -0.1) is 0 Å². The van der Waals surface area contributed by atoms with Gasteiger partial charge in [-0.3, -0.25) is 5.10 Å². The zero-order valence-corrected chi connectivity index (χ0v) is 7.88. The molecule has 2 rings (SSSR count). The van der Waals surface area contributed by atoms with E-state index in [1.54, 1.807) is 30.3 Å². The lowest BCUT2D eigenvalue weighted by atomic mass is 10.3. The number of benzene rings is 1. The molecule has 1 N–H and O–H groups in total. The van der Waals surface area contributed by atoms with Crippen LogP contribution in [0.1, 0.15) is 5.69 Å². The van der Waals surface area contributed by atoms with Gasteiger partial charge in [-0.1, -0.05) is 18.2 Å². The molecule has 1 aromatic heterocycles. The van der Waals surface area contributed by atoms with E-state index in [1.807, 2.05) is 5.10 Å². The van der Waals surface area contributed by atoms with Crippen LogP contribution in [-0.2, 0) is 6.18 Å².